The van der Waals surface area contributed by atoms with Crippen LogP contribution in [-0.4, -0.2) is 52.6 Å². The van der Waals surface area contributed by atoms with Gasteiger partial charge in [-0.15, -0.1) is 0 Å². The molecule has 1 saturated heterocycles. The molecule has 1 aliphatic heterocycles. The van der Waals surface area contributed by atoms with Crippen LogP contribution >= 0.6 is 0 Å². The van der Waals surface area contributed by atoms with Crippen molar-refractivity contribution in [3.05, 3.63) is 0 Å². The Hall–Kier alpha value is -1.63. The number of imide groups is 1. The molecule has 0 bridgehead atoms. The molecule has 0 aromatic heterocycles. The Morgan fingerprint density at radius 3 is 2.65 bits per heavy atom. The molecule has 1 atom stereocenters. The number of rotatable bonds is 5. The fraction of sp³-hybridized carbons (Fsp3) is 0.769. The standard InChI is InChI=1S/C13H21N3O4/c1-3-13(2)11(19)16(12(20)15-13)7-10(18)14-6-8-4-9(17)5-8/h8-9,17H,3-7H2,1-2H3,(H,14,18)(H,15,20). The molecule has 3 N–H and O–H groups in total. The van der Waals surface area contributed by atoms with E-state index in [-0.39, 0.29) is 30.4 Å². The predicted molar refractivity (Wildman–Crippen MR) is 70.7 cm³/mol. The highest BCUT2D eigenvalue weighted by Crippen LogP contribution is 2.26. The van der Waals surface area contributed by atoms with Crippen LogP contribution < -0.4 is 10.6 Å². The molecular formula is C13H21N3O4. The molecular weight excluding hydrogens is 262 g/mol. The van der Waals surface area contributed by atoms with Gasteiger partial charge in [-0.3, -0.25) is 14.5 Å². The van der Waals surface area contributed by atoms with Crippen LogP contribution in [0.2, 0.25) is 0 Å². The molecule has 1 saturated carbocycles. The third-order valence-corrected chi connectivity index (χ3v) is 4.15. The van der Waals surface area contributed by atoms with E-state index in [0.717, 1.165) is 4.90 Å². The zero-order valence-electron chi connectivity index (χ0n) is 11.8. The summed E-state index contributed by atoms with van der Waals surface area (Å²) in [6.07, 6.45) is 1.61. The predicted octanol–water partition coefficient (Wildman–Crippen LogP) is -0.406. The summed E-state index contributed by atoms with van der Waals surface area (Å²) in [6, 6.07) is -0.520. The lowest BCUT2D eigenvalue weighted by Gasteiger charge is -2.31. The van der Waals surface area contributed by atoms with Crippen molar-refractivity contribution in [2.75, 3.05) is 13.1 Å². The van der Waals surface area contributed by atoms with E-state index >= 15 is 0 Å². The van der Waals surface area contributed by atoms with E-state index in [9.17, 15) is 14.4 Å². The van der Waals surface area contributed by atoms with Gasteiger partial charge in [0.1, 0.15) is 12.1 Å². The Morgan fingerprint density at radius 2 is 2.15 bits per heavy atom. The van der Waals surface area contributed by atoms with Gasteiger partial charge in [0, 0.05) is 6.54 Å². The van der Waals surface area contributed by atoms with Gasteiger partial charge in [0.15, 0.2) is 0 Å². The van der Waals surface area contributed by atoms with Gasteiger partial charge in [-0.2, -0.15) is 0 Å². The van der Waals surface area contributed by atoms with E-state index in [0.29, 0.717) is 25.8 Å². The minimum absolute atomic E-state index is 0.254. The van der Waals surface area contributed by atoms with Crippen LogP contribution in [0, 0.1) is 5.92 Å². The molecule has 0 aromatic rings. The molecule has 1 aliphatic carbocycles. The van der Waals surface area contributed by atoms with Crippen molar-refractivity contribution in [3.63, 3.8) is 0 Å². The quantitative estimate of drug-likeness (QED) is 0.598. The number of hydrogen-bond donors (Lipinski definition) is 3. The molecule has 0 spiro atoms. The first-order chi connectivity index (χ1) is 9.35. The van der Waals surface area contributed by atoms with Crippen molar-refractivity contribution in [1.82, 2.24) is 15.5 Å². The Morgan fingerprint density at radius 1 is 1.50 bits per heavy atom. The molecule has 0 radical (unpaired) electrons. The molecule has 1 heterocycles. The van der Waals surface area contributed by atoms with Crippen molar-refractivity contribution in [2.45, 2.75) is 44.8 Å². The van der Waals surface area contributed by atoms with E-state index in [2.05, 4.69) is 10.6 Å². The van der Waals surface area contributed by atoms with Crippen LogP contribution in [0.25, 0.3) is 0 Å². The maximum atomic E-state index is 12.1. The smallest absolute Gasteiger partial charge is 0.325 e. The van der Waals surface area contributed by atoms with Crippen molar-refractivity contribution in [2.24, 2.45) is 5.92 Å². The molecule has 2 aliphatic rings. The normalized spacial score (nSPS) is 32.9. The Bertz CT molecular complexity index is 433. The van der Waals surface area contributed by atoms with Gasteiger partial charge >= 0.3 is 6.03 Å². The van der Waals surface area contributed by atoms with Crippen molar-refractivity contribution >= 4 is 17.8 Å². The average molecular weight is 283 g/mol. The maximum absolute atomic E-state index is 12.1. The number of amides is 4. The Balaban J connectivity index is 1.82. The molecule has 7 heteroatoms. The topological polar surface area (TPSA) is 98.7 Å². The van der Waals surface area contributed by atoms with Crippen molar-refractivity contribution in [3.8, 4) is 0 Å². The summed E-state index contributed by atoms with van der Waals surface area (Å²) >= 11 is 0. The summed E-state index contributed by atoms with van der Waals surface area (Å²) < 4.78 is 0. The monoisotopic (exact) mass is 283 g/mol. The van der Waals surface area contributed by atoms with Crippen molar-refractivity contribution in [1.29, 1.82) is 0 Å². The van der Waals surface area contributed by atoms with E-state index in [1.807, 2.05) is 6.92 Å². The van der Waals surface area contributed by atoms with Gasteiger partial charge < -0.3 is 15.7 Å². The fourth-order valence-electron chi connectivity index (χ4n) is 2.46. The second-order valence-corrected chi connectivity index (χ2v) is 5.80. The molecule has 20 heavy (non-hydrogen) atoms. The van der Waals surface area contributed by atoms with Crippen LogP contribution in [0.5, 0.6) is 0 Å². The van der Waals surface area contributed by atoms with Gasteiger partial charge in [0.25, 0.3) is 5.91 Å². The van der Waals surface area contributed by atoms with Crippen LogP contribution in [0.15, 0.2) is 0 Å². The number of carbonyl (C=O) groups is 3. The molecule has 1 unspecified atom stereocenters. The minimum Gasteiger partial charge on any atom is -0.393 e. The van der Waals surface area contributed by atoms with Crippen LogP contribution in [0.4, 0.5) is 4.79 Å². The maximum Gasteiger partial charge on any atom is 0.325 e. The van der Waals surface area contributed by atoms with Gasteiger partial charge in [-0.1, -0.05) is 6.92 Å². The van der Waals surface area contributed by atoms with Crippen LogP contribution in [-0.2, 0) is 9.59 Å². The second-order valence-electron chi connectivity index (χ2n) is 5.80. The molecule has 4 amide bonds. The highest BCUT2D eigenvalue weighted by molar-refractivity contribution is 6.08. The number of urea groups is 1. The number of nitrogens with one attached hydrogen (secondary N) is 2. The third-order valence-electron chi connectivity index (χ3n) is 4.15. The first-order valence-corrected chi connectivity index (χ1v) is 6.94. The Labute approximate surface area is 117 Å². The van der Waals surface area contributed by atoms with Gasteiger partial charge in [-0.25, -0.2) is 4.79 Å². The van der Waals surface area contributed by atoms with E-state index in [4.69, 9.17) is 5.11 Å². The largest absolute Gasteiger partial charge is 0.393 e. The second kappa shape index (κ2) is 5.40. The van der Waals surface area contributed by atoms with E-state index in [1.165, 1.54) is 0 Å². The lowest BCUT2D eigenvalue weighted by atomic mass is 9.82. The van der Waals surface area contributed by atoms with Crippen LogP contribution in [0.1, 0.15) is 33.1 Å². The number of aliphatic hydroxyl groups is 1. The lowest BCUT2D eigenvalue weighted by molar-refractivity contribution is -0.134. The SMILES string of the molecule is CCC1(C)NC(=O)N(CC(=O)NCC2CC(O)C2)C1=O. The lowest BCUT2D eigenvalue weighted by Crippen LogP contribution is -2.46. The highest BCUT2D eigenvalue weighted by atomic mass is 16.3. The first kappa shape index (κ1) is 14.8. The van der Waals surface area contributed by atoms with E-state index < -0.39 is 11.6 Å². The number of nitrogens with zero attached hydrogens (tertiary/aromatic N) is 1. The fourth-order valence-corrected chi connectivity index (χ4v) is 2.46. The molecule has 7 nitrogen and oxygen atoms in total. The molecule has 0 aromatic carbocycles. The molecule has 112 valence electrons. The number of hydrogen-bond acceptors (Lipinski definition) is 4. The van der Waals surface area contributed by atoms with Gasteiger partial charge in [-0.05, 0) is 32.1 Å². The first-order valence-electron chi connectivity index (χ1n) is 6.94. The Kier molecular flexibility index (Phi) is 3.99. The summed E-state index contributed by atoms with van der Waals surface area (Å²) in [6.45, 7) is 3.69. The summed E-state index contributed by atoms with van der Waals surface area (Å²) in [5, 5.41) is 14.4. The highest BCUT2D eigenvalue weighted by Gasteiger charge is 2.46. The zero-order valence-corrected chi connectivity index (χ0v) is 11.8. The van der Waals surface area contributed by atoms with E-state index in [1.54, 1.807) is 6.92 Å². The minimum atomic E-state index is -0.907. The summed E-state index contributed by atoms with van der Waals surface area (Å²) in [5.74, 6) is -0.424. The molecule has 2 rings (SSSR count). The van der Waals surface area contributed by atoms with Crippen LogP contribution in [0.3, 0.4) is 0 Å². The summed E-state index contributed by atoms with van der Waals surface area (Å²) in [7, 11) is 0. The summed E-state index contributed by atoms with van der Waals surface area (Å²) in [4.78, 5) is 36.5. The molecule has 2 fully saturated rings. The average Bonchev–Trinajstić information content (AvgIpc) is 2.58. The van der Waals surface area contributed by atoms with Crippen molar-refractivity contribution < 1.29 is 19.5 Å². The summed E-state index contributed by atoms with van der Waals surface area (Å²) in [5.41, 5.74) is -0.907. The van der Waals surface area contributed by atoms with Gasteiger partial charge in [0.05, 0.1) is 6.10 Å². The third kappa shape index (κ3) is 2.77. The van der Waals surface area contributed by atoms with Gasteiger partial charge in [0.2, 0.25) is 5.91 Å². The zero-order chi connectivity index (χ0) is 14.9. The number of carbonyl (C=O) groups excluding carboxylic acids is 3. The number of aliphatic hydroxyl groups excluding tert-OH is 1.